The van der Waals surface area contributed by atoms with E-state index in [4.69, 9.17) is 9.84 Å². The van der Waals surface area contributed by atoms with Gasteiger partial charge in [0.25, 0.3) is 0 Å². The molecule has 0 aliphatic heterocycles. The van der Waals surface area contributed by atoms with E-state index in [1.54, 1.807) is 4.90 Å². The molecule has 5 nitrogen and oxygen atoms in total. The monoisotopic (exact) mass is 231 g/mol. The van der Waals surface area contributed by atoms with Crippen molar-refractivity contribution in [1.29, 1.82) is 0 Å². The van der Waals surface area contributed by atoms with Gasteiger partial charge < -0.3 is 14.7 Å². The molecular weight excluding hydrogens is 210 g/mol. The predicted molar refractivity (Wildman–Crippen MR) is 60.2 cm³/mol. The molecule has 0 aromatic heterocycles. The third kappa shape index (κ3) is 4.61. The largest absolute Gasteiger partial charge is 0.479 e. The molecular formula is C11H21NO4. The molecule has 94 valence electrons. The Morgan fingerprint density at radius 3 is 1.88 bits per heavy atom. The summed E-state index contributed by atoms with van der Waals surface area (Å²) < 4.78 is 4.96. The summed E-state index contributed by atoms with van der Waals surface area (Å²) in [5.41, 5.74) is 0. The number of carboxylic acid groups (broad SMARTS) is 1. The molecule has 1 N–H and O–H groups in total. The van der Waals surface area contributed by atoms with Crippen LogP contribution in [0.15, 0.2) is 0 Å². The summed E-state index contributed by atoms with van der Waals surface area (Å²) in [7, 11) is 0. The second-order valence-corrected chi connectivity index (χ2v) is 4.28. The van der Waals surface area contributed by atoms with Gasteiger partial charge >= 0.3 is 5.97 Å². The smallest absolute Gasteiger partial charge is 0.332 e. The number of hydrogen-bond acceptors (Lipinski definition) is 3. The van der Waals surface area contributed by atoms with Crippen LogP contribution in [0.4, 0.5) is 0 Å². The Hall–Kier alpha value is -1.10. The zero-order valence-electron chi connectivity index (χ0n) is 10.6. The van der Waals surface area contributed by atoms with E-state index in [-0.39, 0.29) is 24.6 Å². The highest BCUT2D eigenvalue weighted by Gasteiger charge is 2.21. The fourth-order valence-corrected chi connectivity index (χ4v) is 1.51. The van der Waals surface area contributed by atoms with E-state index in [0.717, 1.165) is 0 Å². The second-order valence-electron chi connectivity index (χ2n) is 4.28. The molecule has 0 saturated heterocycles. The molecule has 0 spiro atoms. The lowest BCUT2D eigenvalue weighted by atomic mass is 10.2. The molecule has 0 aliphatic carbocycles. The van der Waals surface area contributed by atoms with Crippen molar-refractivity contribution in [3.63, 3.8) is 0 Å². The summed E-state index contributed by atoms with van der Waals surface area (Å²) >= 11 is 0. The summed E-state index contributed by atoms with van der Waals surface area (Å²) in [6, 6.07) is 0.160. The fourth-order valence-electron chi connectivity index (χ4n) is 1.51. The molecule has 0 aromatic rings. The van der Waals surface area contributed by atoms with Crippen molar-refractivity contribution in [2.45, 2.75) is 52.8 Å². The van der Waals surface area contributed by atoms with Crippen molar-refractivity contribution in [2.75, 3.05) is 6.61 Å². The van der Waals surface area contributed by atoms with Gasteiger partial charge in [0, 0.05) is 12.1 Å². The van der Waals surface area contributed by atoms with Crippen LogP contribution in [0.1, 0.15) is 34.6 Å². The van der Waals surface area contributed by atoms with E-state index in [1.807, 2.05) is 27.7 Å². The van der Waals surface area contributed by atoms with Crippen molar-refractivity contribution < 1.29 is 19.4 Å². The maximum atomic E-state index is 11.8. The summed E-state index contributed by atoms with van der Waals surface area (Å²) in [5, 5.41) is 8.60. The first-order chi connectivity index (χ1) is 7.27. The van der Waals surface area contributed by atoms with E-state index in [1.165, 1.54) is 6.92 Å². The first-order valence-corrected chi connectivity index (χ1v) is 5.43. The summed E-state index contributed by atoms with van der Waals surface area (Å²) in [4.78, 5) is 23.9. The van der Waals surface area contributed by atoms with Gasteiger partial charge in [-0.05, 0) is 34.6 Å². The standard InChI is InChI=1S/C11H21NO4/c1-7(2)12(8(3)4)10(13)6-16-9(5)11(14)15/h7-9H,6H2,1-5H3,(H,14,15). The lowest BCUT2D eigenvalue weighted by Crippen LogP contribution is -2.44. The molecule has 1 atom stereocenters. The van der Waals surface area contributed by atoms with Gasteiger partial charge in [-0.3, -0.25) is 4.79 Å². The van der Waals surface area contributed by atoms with Gasteiger partial charge in [-0.15, -0.1) is 0 Å². The Morgan fingerprint density at radius 1 is 1.12 bits per heavy atom. The lowest BCUT2D eigenvalue weighted by molar-refractivity contribution is -0.153. The molecule has 16 heavy (non-hydrogen) atoms. The molecule has 0 heterocycles. The third-order valence-corrected chi connectivity index (χ3v) is 2.21. The molecule has 0 saturated carbocycles. The number of ether oxygens (including phenoxy) is 1. The van der Waals surface area contributed by atoms with Crippen LogP contribution < -0.4 is 0 Å². The summed E-state index contributed by atoms with van der Waals surface area (Å²) in [6.45, 7) is 8.88. The first kappa shape index (κ1) is 14.9. The van der Waals surface area contributed by atoms with Crippen LogP contribution in [0, 0.1) is 0 Å². The van der Waals surface area contributed by atoms with E-state index in [2.05, 4.69) is 0 Å². The Labute approximate surface area is 96.4 Å². The molecule has 0 rings (SSSR count). The second kappa shape index (κ2) is 6.48. The van der Waals surface area contributed by atoms with Crippen molar-refractivity contribution in [3.05, 3.63) is 0 Å². The zero-order chi connectivity index (χ0) is 12.9. The number of aliphatic carboxylic acids is 1. The first-order valence-electron chi connectivity index (χ1n) is 5.43. The van der Waals surface area contributed by atoms with Gasteiger partial charge in [0.2, 0.25) is 5.91 Å². The van der Waals surface area contributed by atoms with Crippen molar-refractivity contribution >= 4 is 11.9 Å². The Kier molecular flexibility index (Phi) is 6.03. The Morgan fingerprint density at radius 2 is 1.56 bits per heavy atom. The SMILES string of the molecule is CC(OCC(=O)N(C(C)C)C(C)C)C(=O)O. The molecule has 1 amide bonds. The molecule has 5 heteroatoms. The molecule has 0 radical (unpaired) electrons. The van der Waals surface area contributed by atoms with E-state index >= 15 is 0 Å². The normalized spacial score (nSPS) is 12.9. The molecule has 0 fully saturated rings. The fraction of sp³-hybridized carbons (Fsp3) is 0.818. The van der Waals surface area contributed by atoms with Crippen LogP contribution in [-0.2, 0) is 14.3 Å². The zero-order valence-corrected chi connectivity index (χ0v) is 10.6. The number of rotatable bonds is 6. The maximum Gasteiger partial charge on any atom is 0.332 e. The van der Waals surface area contributed by atoms with Gasteiger partial charge in [-0.1, -0.05) is 0 Å². The van der Waals surface area contributed by atoms with Gasteiger partial charge in [0.15, 0.2) is 6.10 Å². The minimum atomic E-state index is -1.06. The highest BCUT2D eigenvalue weighted by molar-refractivity contribution is 5.79. The topological polar surface area (TPSA) is 66.8 Å². The predicted octanol–water partition coefficient (Wildman–Crippen LogP) is 1.12. The highest BCUT2D eigenvalue weighted by Crippen LogP contribution is 2.06. The highest BCUT2D eigenvalue weighted by atomic mass is 16.5. The molecule has 0 aromatic carbocycles. The number of carbonyl (C=O) groups excluding carboxylic acids is 1. The summed E-state index contributed by atoms with van der Waals surface area (Å²) in [5.74, 6) is -1.24. The van der Waals surface area contributed by atoms with Gasteiger partial charge in [-0.25, -0.2) is 4.79 Å². The third-order valence-electron chi connectivity index (χ3n) is 2.21. The van der Waals surface area contributed by atoms with Crippen LogP contribution in [0.5, 0.6) is 0 Å². The number of nitrogens with zero attached hydrogens (tertiary/aromatic N) is 1. The van der Waals surface area contributed by atoms with Crippen molar-refractivity contribution in [3.8, 4) is 0 Å². The van der Waals surface area contributed by atoms with Crippen molar-refractivity contribution in [2.24, 2.45) is 0 Å². The van der Waals surface area contributed by atoms with Crippen LogP contribution in [0.3, 0.4) is 0 Å². The van der Waals surface area contributed by atoms with Crippen LogP contribution in [0.25, 0.3) is 0 Å². The number of amides is 1. The van der Waals surface area contributed by atoms with Gasteiger partial charge in [0.1, 0.15) is 6.61 Å². The number of hydrogen-bond donors (Lipinski definition) is 1. The van der Waals surface area contributed by atoms with E-state index < -0.39 is 12.1 Å². The van der Waals surface area contributed by atoms with Crippen LogP contribution in [-0.4, -0.2) is 46.7 Å². The van der Waals surface area contributed by atoms with Crippen LogP contribution >= 0.6 is 0 Å². The lowest BCUT2D eigenvalue weighted by Gasteiger charge is -2.30. The minimum absolute atomic E-state index is 0.0798. The number of carbonyl (C=O) groups is 2. The summed E-state index contributed by atoms with van der Waals surface area (Å²) in [6.07, 6.45) is -0.954. The van der Waals surface area contributed by atoms with E-state index in [0.29, 0.717) is 0 Å². The average molecular weight is 231 g/mol. The van der Waals surface area contributed by atoms with Gasteiger partial charge in [-0.2, -0.15) is 0 Å². The van der Waals surface area contributed by atoms with Crippen LogP contribution in [0.2, 0.25) is 0 Å². The maximum absolute atomic E-state index is 11.8. The number of carboxylic acids is 1. The van der Waals surface area contributed by atoms with Gasteiger partial charge in [0.05, 0.1) is 0 Å². The quantitative estimate of drug-likeness (QED) is 0.744. The molecule has 0 aliphatic rings. The van der Waals surface area contributed by atoms with E-state index in [9.17, 15) is 9.59 Å². The molecule has 1 unspecified atom stereocenters. The molecule has 0 bridgehead atoms. The Balaban J connectivity index is 4.27. The Bertz CT molecular complexity index is 242. The minimum Gasteiger partial charge on any atom is -0.479 e. The average Bonchev–Trinajstić information content (AvgIpc) is 2.12. The van der Waals surface area contributed by atoms with Crippen molar-refractivity contribution in [1.82, 2.24) is 4.90 Å².